The summed E-state index contributed by atoms with van der Waals surface area (Å²) in [6.07, 6.45) is 0.323. The van der Waals surface area contributed by atoms with Crippen molar-refractivity contribution >= 4 is 0 Å². The third kappa shape index (κ3) is 10.4. The molecule has 0 amide bonds. The molecule has 1 heterocycles. The first kappa shape index (κ1) is 18.3. The van der Waals surface area contributed by atoms with E-state index in [-0.39, 0.29) is 5.79 Å². The molecule has 0 bridgehead atoms. The molecular weight excluding hydrogens is 200 g/mol. The van der Waals surface area contributed by atoms with E-state index in [9.17, 15) is 0 Å². The Kier molecular flexibility index (Phi) is 10.3. The van der Waals surface area contributed by atoms with Gasteiger partial charge in [0.1, 0.15) is 0 Å². The van der Waals surface area contributed by atoms with Crippen LogP contribution in [0.15, 0.2) is 0 Å². The van der Waals surface area contributed by atoms with E-state index in [1.165, 1.54) is 0 Å². The summed E-state index contributed by atoms with van der Waals surface area (Å²) in [5.74, 6) is 0.986. The fourth-order valence-electron chi connectivity index (χ4n) is 1.07. The second-order valence-corrected chi connectivity index (χ2v) is 5.24. The van der Waals surface area contributed by atoms with Crippen LogP contribution in [0.25, 0.3) is 0 Å². The molecule has 0 aromatic rings. The highest BCUT2D eigenvalue weighted by molar-refractivity contribution is 4.70. The molecule has 1 unspecified atom stereocenters. The largest absolute Gasteiger partial charge is 0.350 e. The molecule has 0 radical (unpaired) electrons. The predicted octanol–water partition coefficient (Wildman–Crippen LogP) is 4.48. The highest BCUT2D eigenvalue weighted by Crippen LogP contribution is 2.24. The zero-order chi connectivity index (χ0) is 13.4. The van der Waals surface area contributed by atoms with Gasteiger partial charge in [-0.25, -0.2) is 0 Å². The van der Waals surface area contributed by atoms with Crippen molar-refractivity contribution in [3.05, 3.63) is 0 Å². The van der Waals surface area contributed by atoms with Gasteiger partial charge in [-0.3, -0.25) is 0 Å². The average molecular weight is 232 g/mol. The first-order valence-corrected chi connectivity index (χ1v) is 6.56. The van der Waals surface area contributed by atoms with Gasteiger partial charge in [-0.1, -0.05) is 41.5 Å². The minimum atomic E-state index is -0.369. The number of rotatable bonds is 0. The van der Waals surface area contributed by atoms with Gasteiger partial charge in [0.25, 0.3) is 0 Å². The summed E-state index contributed by atoms with van der Waals surface area (Å²) < 4.78 is 11.0. The summed E-state index contributed by atoms with van der Waals surface area (Å²) in [7, 11) is 0. The molecule has 0 saturated carbocycles. The Hall–Kier alpha value is -0.0800. The molecule has 0 N–H and O–H groups in total. The van der Waals surface area contributed by atoms with Crippen molar-refractivity contribution in [3.63, 3.8) is 0 Å². The topological polar surface area (TPSA) is 18.5 Å². The summed E-state index contributed by atoms with van der Waals surface area (Å²) in [5.41, 5.74) is 0. The molecule has 0 spiro atoms. The van der Waals surface area contributed by atoms with Gasteiger partial charge in [0.15, 0.2) is 5.79 Å². The summed E-state index contributed by atoms with van der Waals surface area (Å²) in [6, 6.07) is 0. The maximum atomic E-state index is 5.56. The van der Waals surface area contributed by atoms with Crippen molar-refractivity contribution in [1.29, 1.82) is 0 Å². The lowest BCUT2D eigenvalue weighted by molar-refractivity contribution is -0.286. The molecule has 0 aromatic carbocycles. The van der Waals surface area contributed by atoms with E-state index in [0.29, 0.717) is 12.0 Å². The maximum absolute atomic E-state index is 5.56. The fourth-order valence-corrected chi connectivity index (χ4v) is 1.07. The molecule has 2 atom stereocenters. The van der Waals surface area contributed by atoms with Gasteiger partial charge < -0.3 is 9.47 Å². The minimum Gasteiger partial charge on any atom is -0.350 e. The van der Waals surface area contributed by atoms with Gasteiger partial charge in [-0.15, -0.1) is 0 Å². The van der Waals surface area contributed by atoms with Gasteiger partial charge in [-0.05, 0) is 26.7 Å². The van der Waals surface area contributed by atoms with Gasteiger partial charge >= 0.3 is 0 Å². The Bertz CT molecular complexity index is 150. The number of hydrogen-bond donors (Lipinski definition) is 0. The van der Waals surface area contributed by atoms with Crippen molar-refractivity contribution in [1.82, 2.24) is 0 Å². The van der Waals surface area contributed by atoms with Gasteiger partial charge in [0, 0.05) is 5.92 Å². The lowest BCUT2D eigenvalue weighted by atomic mass is 10.1. The van der Waals surface area contributed by atoms with Crippen LogP contribution < -0.4 is 0 Å². The van der Waals surface area contributed by atoms with E-state index >= 15 is 0 Å². The normalized spacial score (nSPS) is 27.4. The van der Waals surface area contributed by atoms with Crippen LogP contribution in [0.5, 0.6) is 0 Å². The summed E-state index contributed by atoms with van der Waals surface area (Å²) >= 11 is 0. The Morgan fingerprint density at radius 3 is 1.69 bits per heavy atom. The quantitative estimate of drug-likeness (QED) is 0.613. The van der Waals surface area contributed by atoms with Crippen LogP contribution in [0, 0.1) is 11.8 Å². The van der Waals surface area contributed by atoms with E-state index in [0.717, 1.165) is 12.5 Å². The van der Waals surface area contributed by atoms with Crippen molar-refractivity contribution in [2.45, 2.75) is 74.2 Å². The molecule has 1 saturated heterocycles. The molecule has 16 heavy (non-hydrogen) atoms. The van der Waals surface area contributed by atoms with Crippen LogP contribution in [0.3, 0.4) is 0 Å². The molecule has 1 fully saturated rings. The van der Waals surface area contributed by atoms with Crippen LogP contribution in [0.4, 0.5) is 0 Å². The van der Waals surface area contributed by atoms with Crippen LogP contribution in [-0.2, 0) is 9.47 Å². The standard InChI is InChI=1S/C8H16O2.C4H10.C2H6/c1-6-5-9-8(3,4)10-7(6)2;1-4(2)3;1-2/h6-7H,5H2,1-4H3;4H,1-3H3;1-2H3/t6-,7?;;/m1../s1. The summed E-state index contributed by atoms with van der Waals surface area (Å²) in [6.45, 7) is 19.5. The smallest absolute Gasteiger partial charge is 0.163 e. The first-order chi connectivity index (χ1) is 7.24. The summed E-state index contributed by atoms with van der Waals surface area (Å²) in [5, 5.41) is 0. The van der Waals surface area contributed by atoms with Crippen LogP contribution in [-0.4, -0.2) is 18.5 Å². The van der Waals surface area contributed by atoms with Gasteiger partial charge in [0.2, 0.25) is 0 Å². The second-order valence-electron chi connectivity index (χ2n) is 5.24. The van der Waals surface area contributed by atoms with E-state index in [1.54, 1.807) is 0 Å². The molecule has 0 aromatic heterocycles. The van der Waals surface area contributed by atoms with E-state index < -0.39 is 0 Å². The predicted molar refractivity (Wildman–Crippen MR) is 71.6 cm³/mol. The van der Waals surface area contributed by atoms with Gasteiger partial charge in [0.05, 0.1) is 12.7 Å². The lowest BCUT2D eigenvalue weighted by Gasteiger charge is -2.38. The zero-order valence-electron chi connectivity index (χ0n) is 12.8. The molecule has 2 nitrogen and oxygen atoms in total. The fraction of sp³-hybridized carbons (Fsp3) is 1.00. The molecule has 1 aliphatic rings. The van der Waals surface area contributed by atoms with Crippen LogP contribution in [0.2, 0.25) is 0 Å². The van der Waals surface area contributed by atoms with E-state index in [1.807, 2.05) is 27.7 Å². The highest BCUT2D eigenvalue weighted by Gasteiger charge is 2.31. The first-order valence-electron chi connectivity index (χ1n) is 6.56. The second kappa shape index (κ2) is 9.00. The van der Waals surface area contributed by atoms with E-state index in [4.69, 9.17) is 9.47 Å². The Balaban J connectivity index is 0. The van der Waals surface area contributed by atoms with Crippen LogP contribution >= 0.6 is 0 Å². The zero-order valence-corrected chi connectivity index (χ0v) is 12.8. The molecule has 2 heteroatoms. The molecule has 1 aliphatic heterocycles. The third-order valence-electron chi connectivity index (χ3n) is 1.96. The van der Waals surface area contributed by atoms with Crippen molar-refractivity contribution in [2.24, 2.45) is 11.8 Å². The average Bonchev–Trinajstić information content (AvgIpc) is 2.14. The lowest BCUT2D eigenvalue weighted by Crippen LogP contribution is -2.43. The Labute approximate surface area is 103 Å². The molecule has 1 rings (SSSR count). The van der Waals surface area contributed by atoms with Crippen molar-refractivity contribution in [2.75, 3.05) is 6.61 Å². The van der Waals surface area contributed by atoms with Crippen LogP contribution in [0.1, 0.15) is 62.3 Å². The molecule has 100 valence electrons. The maximum Gasteiger partial charge on any atom is 0.163 e. The molecule has 0 aliphatic carbocycles. The molecular formula is C14H32O2. The SMILES string of the molecule is CC.CC(C)C.CC1OC(C)(C)OC[C@H]1C. The summed E-state index contributed by atoms with van der Waals surface area (Å²) in [4.78, 5) is 0. The van der Waals surface area contributed by atoms with Crippen molar-refractivity contribution < 1.29 is 9.47 Å². The number of hydrogen-bond acceptors (Lipinski definition) is 2. The Morgan fingerprint density at radius 2 is 1.44 bits per heavy atom. The van der Waals surface area contributed by atoms with Gasteiger partial charge in [-0.2, -0.15) is 0 Å². The monoisotopic (exact) mass is 232 g/mol. The van der Waals surface area contributed by atoms with E-state index in [2.05, 4.69) is 34.6 Å². The third-order valence-corrected chi connectivity index (χ3v) is 1.96. The highest BCUT2D eigenvalue weighted by atomic mass is 16.7. The minimum absolute atomic E-state index is 0.323. The number of ether oxygens (including phenoxy) is 2. The van der Waals surface area contributed by atoms with Crippen molar-refractivity contribution in [3.8, 4) is 0 Å². The Morgan fingerprint density at radius 1 is 1.06 bits per heavy atom.